The smallest absolute Gasteiger partial charge is 0.191 e. The third-order valence-corrected chi connectivity index (χ3v) is 3.63. The molecule has 0 radical (unpaired) electrons. The van der Waals surface area contributed by atoms with Crippen LogP contribution < -0.4 is 10.6 Å². The number of hydrogen-bond acceptors (Lipinski definition) is 2. The van der Waals surface area contributed by atoms with Gasteiger partial charge in [-0.15, -0.1) is 24.0 Å². The molecule has 0 aliphatic carbocycles. The highest BCUT2D eigenvalue weighted by atomic mass is 127. The molecule has 0 fully saturated rings. The average Bonchev–Trinajstić information content (AvgIpc) is 2.59. The summed E-state index contributed by atoms with van der Waals surface area (Å²) in [6.07, 6.45) is 0. The largest absolute Gasteiger partial charge is 0.352 e. The lowest BCUT2D eigenvalue weighted by atomic mass is 10.1. The van der Waals surface area contributed by atoms with Crippen molar-refractivity contribution in [2.75, 3.05) is 7.05 Å². The fraction of sp³-hybridized carbons (Fsp3) is 0.222. The standard InChI is InChI=1S/C18H17F3N4.HI/c1-11(15-5-4-14(19)8-17(15)21)25-18(23-2)24-10-13-7-12(9-22)3-6-16(13)20;/h3-8,11H,10H2,1-2H3,(H2,23,24,25);1H. The highest BCUT2D eigenvalue weighted by Crippen LogP contribution is 2.17. The predicted molar refractivity (Wildman–Crippen MR) is 105 cm³/mol. The van der Waals surface area contributed by atoms with Crippen molar-refractivity contribution in [2.45, 2.75) is 19.5 Å². The molecule has 138 valence electrons. The van der Waals surface area contributed by atoms with Crippen molar-refractivity contribution in [1.29, 1.82) is 5.26 Å². The normalized spacial score (nSPS) is 11.9. The highest BCUT2D eigenvalue weighted by Gasteiger charge is 2.13. The van der Waals surface area contributed by atoms with E-state index in [9.17, 15) is 13.2 Å². The van der Waals surface area contributed by atoms with Gasteiger partial charge in [-0.05, 0) is 31.2 Å². The Morgan fingerprint density at radius 1 is 1.15 bits per heavy atom. The van der Waals surface area contributed by atoms with Crippen molar-refractivity contribution < 1.29 is 13.2 Å². The van der Waals surface area contributed by atoms with Crippen molar-refractivity contribution in [1.82, 2.24) is 10.6 Å². The van der Waals surface area contributed by atoms with Gasteiger partial charge < -0.3 is 10.6 Å². The van der Waals surface area contributed by atoms with E-state index >= 15 is 0 Å². The molecule has 0 amide bonds. The number of hydrogen-bond donors (Lipinski definition) is 2. The number of rotatable bonds is 4. The fourth-order valence-corrected chi connectivity index (χ4v) is 2.29. The zero-order valence-electron chi connectivity index (χ0n) is 14.2. The molecule has 0 aliphatic heterocycles. The minimum absolute atomic E-state index is 0. The molecule has 0 aromatic heterocycles. The Labute approximate surface area is 167 Å². The summed E-state index contributed by atoms with van der Waals surface area (Å²) in [5.41, 5.74) is 0.938. The second kappa shape index (κ2) is 10.0. The number of aliphatic imine (C=N–C) groups is 1. The van der Waals surface area contributed by atoms with E-state index in [0.29, 0.717) is 17.1 Å². The van der Waals surface area contributed by atoms with Crippen molar-refractivity contribution in [2.24, 2.45) is 4.99 Å². The van der Waals surface area contributed by atoms with Gasteiger partial charge in [-0.1, -0.05) is 6.07 Å². The van der Waals surface area contributed by atoms with Gasteiger partial charge in [0, 0.05) is 30.8 Å². The van der Waals surface area contributed by atoms with Crippen molar-refractivity contribution >= 4 is 29.9 Å². The summed E-state index contributed by atoms with van der Waals surface area (Å²) in [6, 6.07) is 8.87. The number of halogens is 4. The Morgan fingerprint density at radius 2 is 1.88 bits per heavy atom. The molecular weight excluding hydrogens is 456 g/mol. The molecule has 4 nitrogen and oxygen atoms in total. The fourth-order valence-electron chi connectivity index (χ4n) is 2.29. The third kappa shape index (κ3) is 5.62. The van der Waals surface area contributed by atoms with Crippen LogP contribution >= 0.6 is 24.0 Å². The van der Waals surface area contributed by atoms with Crippen LogP contribution in [0.3, 0.4) is 0 Å². The van der Waals surface area contributed by atoms with E-state index in [1.165, 1.54) is 37.4 Å². The van der Waals surface area contributed by atoms with E-state index in [1.54, 1.807) is 6.92 Å². The van der Waals surface area contributed by atoms with Crippen LogP contribution in [-0.4, -0.2) is 13.0 Å². The molecule has 8 heteroatoms. The lowest BCUT2D eigenvalue weighted by molar-refractivity contribution is 0.550. The minimum atomic E-state index is -0.664. The SMILES string of the molecule is CN=C(NCc1cc(C#N)ccc1F)NC(C)c1ccc(F)cc1F.I. The molecule has 2 aromatic carbocycles. The van der Waals surface area contributed by atoms with Crippen LogP contribution in [0.15, 0.2) is 41.4 Å². The number of nitrogens with one attached hydrogen (secondary N) is 2. The molecule has 0 saturated heterocycles. The molecule has 0 saturated carbocycles. The topological polar surface area (TPSA) is 60.2 Å². The van der Waals surface area contributed by atoms with Gasteiger partial charge in [-0.3, -0.25) is 4.99 Å². The first-order valence-electron chi connectivity index (χ1n) is 7.55. The summed E-state index contributed by atoms with van der Waals surface area (Å²) >= 11 is 0. The van der Waals surface area contributed by atoms with E-state index < -0.39 is 23.5 Å². The van der Waals surface area contributed by atoms with E-state index in [1.807, 2.05) is 6.07 Å². The molecule has 0 bridgehead atoms. The summed E-state index contributed by atoms with van der Waals surface area (Å²) in [4.78, 5) is 4.00. The van der Waals surface area contributed by atoms with Crippen LogP contribution in [0.2, 0.25) is 0 Å². The quantitative estimate of drug-likeness (QED) is 0.400. The molecule has 0 aliphatic rings. The van der Waals surface area contributed by atoms with Crippen molar-refractivity contribution in [3.63, 3.8) is 0 Å². The van der Waals surface area contributed by atoms with E-state index in [4.69, 9.17) is 5.26 Å². The van der Waals surface area contributed by atoms with E-state index in [-0.39, 0.29) is 36.1 Å². The Balaban J connectivity index is 0.00000338. The first-order valence-corrected chi connectivity index (χ1v) is 7.55. The summed E-state index contributed by atoms with van der Waals surface area (Å²) in [7, 11) is 1.52. The number of nitrogens with zero attached hydrogens (tertiary/aromatic N) is 2. The summed E-state index contributed by atoms with van der Waals surface area (Å²) < 4.78 is 40.6. The van der Waals surface area contributed by atoms with Crippen molar-refractivity contribution in [3.05, 3.63) is 70.5 Å². The Bertz CT molecular complexity index is 834. The number of nitriles is 1. The van der Waals surface area contributed by atoms with Gasteiger partial charge >= 0.3 is 0 Å². The van der Waals surface area contributed by atoms with Crippen molar-refractivity contribution in [3.8, 4) is 6.07 Å². The summed E-state index contributed by atoms with van der Waals surface area (Å²) in [5, 5.41) is 14.7. The van der Waals surface area contributed by atoms with Crippen LogP contribution in [0.1, 0.15) is 29.7 Å². The van der Waals surface area contributed by atoms with Crippen LogP contribution in [0, 0.1) is 28.8 Å². The van der Waals surface area contributed by atoms with Crippen LogP contribution in [0.5, 0.6) is 0 Å². The van der Waals surface area contributed by atoms with Gasteiger partial charge in [0.25, 0.3) is 0 Å². The summed E-state index contributed by atoms with van der Waals surface area (Å²) in [6.45, 7) is 1.79. The Morgan fingerprint density at radius 3 is 2.50 bits per heavy atom. The second-order valence-electron chi connectivity index (χ2n) is 5.38. The lowest BCUT2D eigenvalue weighted by Gasteiger charge is -2.19. The van der Waals surface area contributed by atoms with Gasteiger partial charge in [0.05, 0.1) is 17.7 Å². The zero-order valence-corrected chi connectivity index (χ0v) is 16.5. The van der Waals surface area contributed by atoms with Crippen LogP contribution in [-0.2, 0) is 6.54 Å². The molecular formula is C18H18F3IN4. The molecule has 0 heterocycles. The first-order chi connectivity index (χ1) is 11.9. The van der Waals surface area contributed by atoms with E-state index in [2.05, 4.69) is 15.6 Å². The maximum atomic E-state index is 13.8. The lowest BCUT2D eigenvalue weighted by Crippen LogP contribution is -2.38. The van der Waals surface area contributed by atoms with Crippen LogP contribution in [0.4, 0.5) is 13.2 Å². The number of benzene rings is 2. The zero-order chi connectivity index (χ0) is 18.4. The predicted octanol–water partition coefficient (Wildman–Crippen LogP) is 4.02. The minimum Gasteiger partial charge on any atom is -0.352 e. The summed E-state index contributed by atoms with van der Waals surface area (Å²) in [5.74, 6) is -1.44. The molecule has 2 aromatic rings. The maximum Gasteiger partial charge on any atom is 0.191 e. The molecule has 1 atom stereocenters. The Kier molecular flexibility index (Phi) is 8.38. The van der Waals surface area contributed by atoms with Gasteiger partial charge in [0.2, 0.25) is 0 Å². The molecule has 26 heavy (non-hydrogen) atoms. The monoisotopic (exact) mass is 474 g/mol. The molecule has 2 N–H and O–H groups in total. The number of guanidine groups is 1. The highest BCUT2D eigenvalue weighted by molar-refractivity contribution is 14.0. The molecule has 1 unspecified atom stereocenters. The second-order valence-corrected chi connectivity index (χ2v) is 5.38. The molecule has 0 spiro atoms. The third-order valence-electron chi connectivity index (χ3n) is 3.63. The maximum absolute atomic E-state index is 13.8. The molecule has 2 rings (SSSR count). The first kappa shape index (κ1) is 21.8. The average molecular weight is 474 g/mol. The van der Waals surface area contributed by atoms with Gasteiger partial charge in [0.15, 0.2) is 5.96 Å². The van der Waals surface area contributed by atoms with Gasteiger partial charge in [-0.25, -0.2) is 13.2 Å². The van der Waals surface area contributed by atoms with Gasteiger partial charge in [-0.2, -0.15) is 5.26 Å². The Hall–Kier alpha value is -2.28. The van der Waals surface area contributed by atoms with Crippen LogP contribution in [0.25, 0.3) is 0 Å². The van der Waals surface area contributed by atoms with E-state index in [0.717, 1.165) is 6.07 Å². The van der Waals surface area contributed by atoms with Gasteiger partial charge in [0.1, 0.15) is 17.5 Å².